The van der Waals surface area contributed by atoms with E-state index in [0.717, 1.165) is 0 Å². The second kappa shape index (κ2) is 11.9. The third-order valence-electron chi connectivity index (χ3n) is 6.81. The number of nitriles is 1. The van der Waals surface area contributed by atoms with Crippen molar-refractivity contribution < 1.29 is 47.6 Å². The van der Waals surface area contributed by atoms with Gasteiger partial charge in [-0.15, -0.1) is 0 Å². The van der Waals surface area contributed by atoms with Gasteiger partial charge >= 0.3 is 24.1 Å². The average Bonchev–Trinajstić information content (AvgIpc) is 3.49. The summed E-state index contributed by atoms with van der Waals surface area (Å²) in [4.78, 5) is 55.4. The lowest BCUT2D eigenvalue weighted by atomic mass is 9.92. The molecule has 0 saturated carbocycles. The molecular formula is C25H30N6O10. The molecule has 0 radical (unpaired) electrons. The van der Waals surface area contributed by atoms with Crippen LogP contribution in [0.25, 0.3) is 5.52 Å². The largest absolute Gasteiger partial charge is 0.508 e. The lowest BCUT2D eigenvalue weighted by Gasteiger charge is -2.28. The van der Waals surface area contributed by atoms with E-state index in [-0.39, 0.29) is 30.8 Å². The van der Waals surface area contributed by atoms with Crippen LogP contribution in [0.15, 0.2) is 18.5 Å². The zero-order valence-corrected chi connectivity index (χ0v) is 22.8. The number of nitrogen functional groups attached to an aromatic ring is 1. The number of likely N-dealkylation sites (N-methyl/N-ethyl adjacent to an activating group) is 1. The first-order valence-corrected chi connectivity index (χ1v) is 12.7. The van der Waals surface area contributed by atoms with Gasteiger partial charge < -0.3 is 34.2 Å². The van der Waals surface area contributed by atoms with Crippen LogP contribution in [0.2, 0.25) is 0 Å². The zero-order chi connectivity index (χ0) is 29.9. The van der Waals surface area contributed by atoms with Gasteiger partial charge in [-0.05, 0) is 39.6 Å². The van der Waals surface area contributed by atoms with E-state index >= 15 is 0 Å². The van der Waals surface area contributed by atoms with Crippen molar-refractivity contribution in [2.75, 3.05) is 33.5 Å². The summed E-state index contributed by atoms with van der Waals surface area (Å²) < 4.78 is 34.0. The van der Waals surface area contributed by atoms with Crippen LogP contribution in [0.5, 0.6) is 0 Å². The van der Waals surface area contributed by atoms with Crippen LogP contribution in [0, 0.1) is 11.3 Å². The summed E-state index contributed by atoms with van der Waals surface area (Å²) in [6, 6.07) is 4.18. The normalized spacial score (nSPS) is 25.9. The number of fused-ring (bicyclic) bond motifs is 2. The SMILES string of the molecule is COC(=O)[C@H]([C@@H](C)OC(=O)OC[C@H]1O[C@@](C#N)(c2ccc3c(N)ncnn23)[C@@H]2OC(=O)CCCC(=O)O[C@@H]21)N(C)C. The van der Waals surface area contributed by atoms with Crippen LogP contribution in [0.3, 0.4) is 0 Å². The first-order chi connectivity index (χ1) is 19.5. The molecular weight excluding hydrogens is 544 g/mol. The minimum absolute atomic E-state index is 0.0811. The molecule has 0 amide bonds. The number of hydrogen-bond acceptors (Lipinski definition) is 15. The molecule has 2 fully saturated rings. The van der Waals surface area contributed by atoms with Gasteiger partial charge in [0.25, 0.3) is 0 Å². The maximum Gasteiger partial charge on any atom is 0.508 e. The molecule has 2 aromatic rings. The molecule has 16 nitrogen and oxygen atoms in total. The Morgan fingerprint density at radius 3 is 2.63 bits per heavy atom. The zero-order valence-electron chi connectivity index (χ0n) is 22.8. The number of aromatic nitrogens is 3. The molecule has 2 saturated heterocycles. The van der Waals surface area contributed by atoms with Crippen LogP contribution in [-0.4, -0.2) is 102 Å². The molecule has 2 aliphatic rings. The quantitative estimate of drug-likeness (QED) is 0.343. The number of anilines is 1. The monoisotopic (exact) mass is 574 g/mol. The summed E-state index contributed by atoms with van der Waals surface area (Å²) in [5.41, 5.74) is 4.37. The molecule has 0 aliphatic carbocycles. The maximum absolute atomic E-state index is 12.7. The lowest BCUT2D eigenvalue weighted by Crippen LogP contribution is -2.47. The van der Waals surface area contributed by atoms with Crippen LogP contribution in [-0.2, 0) is 48.4 Å². The van der Waals surface area contributed by atoms with Crippen molar-refractivity contribution in [3.63, 3.8) is 0 Å². The predicted octanol–water partition coefficient (Wildman–Crippen LogP) is 0.0816. The fourth-order valence-corrected chi connectivity index (χ4v) is 4.93. The molecule has 16 heteroatoms. The van der Waals surface area contributed by atoms with Crippen LogP contribution in [0.4, 0.5) is 10.6 Å². The second-order valence-electron chi connectivity index (χ2n) is 9.70. The van der Waals surface area contributed by atoms with Crippen molar-refractivity contribution in [3.8, 4) is 6.07 Å². The van der Waals surface area contributed by atoms with Gasteiger partial charge in [0.1, 0.15) is 42.8 Å². The summed E-state index contributed by atoms with van der Waals surface area (Å²) in [5, 5.41) is 14.6. The third kappa shape index (κ3) is 5.72. The summed E-state index contributed by atoms with van der Waals surface area (Å²) in [6.07, 6.45) is -5.04. The predicted molar refractivity (Wildman–Crippen MR) is 135 cm³/mol. The van der Waals surface area contributed by atoms with Crippen molar-refractivity contribution >= 4 is 35.4 Å². The molecule has 0 aromatic carbocycles. The van der Waals surface area contributed by atoms with Crippen molar-refractivity contribution in [3.05, 3.63) is 24.2 Å². The Kier molecular flexibility index (Phi) is 8.59. The van der Waals surface area contributed by atoms with Gasteiger partial charge in [-0.25, -0.2) is 14.3 Å². The minimum atomic E-state index is -2.05. The molecule has 0 unspecified atom stereocenters. The van der Waals surface area contributed by atoms with Crippen LogP contribution in [0.1, 0.15) is 31.9 Å². The average molecular weight is 575 g/mol. The van der Waals surface area contributed by atoms with E-state index in [0.29, 0.717) is 5.52 Å². The molecule has 0 bridgehead atoms. The number of carbonyl (C=O) groups excluding carboxylic acids is 4. The Morgan fingerprint density at radius 2 is 1.98 bits per heavy atom. The minimum Gasteiger partial charge on any atom is -0.468 e. The van der Waals surface area contributed by atoms with Crippen LogP contribution >= 0.6 is 0 Å². The number of rotatable bonds is 7. The molecule has 220 valence electrons. The molecule has 6 atom stereocenters. The van der Waals surface area contributed by atoms with Gasteiger partial charge in [-0.3, -0.25) is 19.3 Å². The van der Waals surface area contributed by atoms with E-state index in [9.17, 15) is 24.4 Å². The van der Waals surface area contributed by atoms with Crippen molar-refractivity contribution in [2.45, 2.75) is 62.2 Å². The molecule has 41 heavy (non-hydrogen) atoms. The van der Waals surface area contributed by atoms with Crippen molar-refractivity contribution in [1.29, 1.82) is 5.26 Å². The number of nitrogens with zero attached hydrogens (tertiary/aromatic N) is 5. The second-order valence-corrected chi connectivity index (χ2v) is 9.70. The Labute approximate surface area is 234 Å². The van der Waals surface area contributed by atoms with E-state index in [1.807, 2.05) is 6.07 Å². The number of carbonyl (C=O) groups is 4. The number of ether oxygens (including phenoxy) is 6. The number of methoxy groups -OCH3 is 1. The van der Waals surface area contributed by atoms with Gasteiger partial charge in [-0.2, -0.15) is 10.4 Å². The van der Waals surface area contributed by atoms with Gasteiger partial charge in [0.05, 0.1) is 12.8 Å². The van der Waals surface area contributed by atoms with Gasteiger partial charge in [0, 0.05) is 12.8 Å². The first kappa shape index (κ1) is 29.5. The van der Waals surface area contributed by atoms with Gasteiger partial charge in [0.2, 0.25) is 5.60 Å². The standard InChI is InChI=1S/C25H30N6O10/c1-13(19(30(2)3)23(34)36-4)38-24(35)37-10-15-20-21(40-18(33)7-5-6-17(32)39-20)25(11-26,41-15)16-9-8-14-22(27)28-12-29-31(14)16/h8-9,12-13,15,19-21H,5-7,10H2,1-4H3,(H2,27,28,29)/t13-,15-,19+,20-,21-,25+/m1/s1. The number of esters is 3. The topological polar surface area (TPSA) is 207 Å². The van der Waals surface area contributed by atoms with Crippen molar-refractivity contribution in [1.82, 2.24) is 19.5 Å². The Morgan fingerprint density at radius 1 is 1.27 bits per heavy atom. The highest BCUT2D eigenvalue weighted by molar-refractivity contribution is 5.77. The van der Waals surface area contributed by atoms with E-state index in [2.05, 4.69) is 10.1 Å². The highest BCUT2D eigenvalue weighted by Gasteiger charge is 2.63. The van der Waals surface area contributed by atoms with E-state index in [1.165, 1.54) is 35.8 Å². The van der Waals surface area contributed by atoms with E-state index in [4.69, 9.17) is 34.2 Å². The highest BCUT2D eigenvalue weighted by atomic mass is 16.7. The Balaban J connectivity index is 1.64. The molecule has 4 heterocycles. The summed E-state index contributed by atoms with van der Waals surface area (Å²) in [6.45, 7) is 0.919. The van der Waals surface area contributed by atoms with Gasteiger partial charge in [0.15, 0.2) is 18.0 Å². The fraction of sp³-hybridized carbons (Fsp3) is 0.560. The summed E-state index contributed by atoms with van der Waals surface area (Å²) >= 11 is 0. The first-order valence-electron chi connectivity index (χ1n) is 12.7. The highest BCUT2D eigenvalue weighted by Crippen LogP contribution is 2.44. The Hall–Kier alpha value is -4.49. The molecule has 0 spiro atoms. The lowest BCUT2D eigenvalue weighted by molar-refractivity contribution is -0.166. The number of hydrogen-bond donors (Lipinski definition) is 1. The van der Waals surface area contributed by atoms with Crippen molar-refractivity contribution in [2.24, 2.45) is 0 Å². The molecule has 2 N–H and O–H groups in total. The molecule has 4 rings (SSSR count). The van der Waals surface area contributed by atoms with Crippen LogP contribution < -0.4 is 5.73 Å². The van der Waals surface area contributed by atoms with E-state index < -0.39 is 66.7 Å². The summed E-state index contributed by atoms with van der Waals surface area (Å²) in [7, 11) is 4.42. The van der Waals surface area contributed by atoms with E-state index in [1.54, 1.807) is 20.2 Å². The maximum atomic E-state index is 12.7. The summed E-state index contributed by atoms with van der Waals surface area (Å²) in [5.74, 6) is -1.84. The van der Waals surface area contributed by atoms with Gasteiger partial charge in [-0.1, -0.05) is 0 Å². The molecule has 2 aromatic heterocycles. The molecule has 2 aliphatic heterocycles. The fourth-order valence-electron chi connectivity index (χ4n) is 4.93. The number of nitrogens with two attached hydrogens (primary N) is 1. The third-order valence-corrected chi connectivity index (χ3v) is 6.81. The smallest absolute Gasteiger partial charge is 0.468 e. The Bertz CT molecular complexity index is 1370.